The highest BCUT2D eigenvalue weighted by Gasteiger charge is 2.33. The number of rotatable bonds is 3. The number of alkyl halides is 3. The van der Waals surface area contributed by atoms with Crippen LogP contribution in [0.25, 0.3) is 0 Å². The topological polar surface area (TPSA) is 24.1 Å². The first kappa shape index (κ1) is 18.3. The number of aryl methyl sites for hydroxylation is 2. The molecule has 0 spiro atoms. The van der Waals surface area contributed by atoms with Crippen molar-refractivity contribution in [2.75, 3.05) is 5.32 Å². The van der Waals surface area contributed by atoms with E-state index in [0.29, 0.717) is 0 Å². The summed E-state index contributed by atoms with van der Waals surface area (Å²) in [6.07, 6.45) is -4.43. The number of hydrogen-bond donors (Lipinski definition) is 2. The van der Waals surface area contributed by atoms with Crippen LogP contribution in [0.4, 0.5) is 18.9 Å². The fraction of sp³-hybridized carbons (Fsp3) is 0.278. The van der Waals surface area contributed by atoms with Gasteiger partial charge in [0.15, 0.2) is 5.11 Å². The zero-order valence-electron chi connectivity index (χ0n) is 13.7. The number of halogens is 3. The lowest BCUT2D eigenvalue weighted by Gasteiger charge is -2.20. The average molecular weight is 352 g/mol. The van der Waals surface area contributed by atoms with Crippen LogP contribution in [0.2, 0.25) is 0 Å². The van der Waals surface area contributed by atoms with E-state index in [1.807, 2.05) is 39.0 Å². The van der Waals surface area contributed by atoms with E-state index in [-0.39, 0.29) is 16.8 Å². The summed E-state index contributed by atoms with van der Waals surface area (Å²) < 4.78 is 39.0. The number of nitrogens with one attached hydrogen (secondary N) is 2. The summed E-state index contributed by atoms with van der Waals surface area (Å²) in [4.78, 5) is 0. The molecule has 0 bridgehead atoms. The molecule has 2 N–H and O–H groups in total. The van der Waals surface area contributed by atoms with E-state index in [1.165, 1.54) is 23.8 Å². The molecule has 0 fully saturated rings. The highest BCUT2D eigenvalue weighted by molar-refractivity contribution is 7.80. The summed E-state index contributed by atoms with van der Waals surface area (Å²) >= 11 is 5.16. The van der Waals surface area contributed by atoms with Crippen molar-refractivity contribution in [2.45, 2.75) is 33.0 Å². The largest absolute Gasteiger partial charge is 0.418 e. The van der Waals surface area contributed by atoms with Gasteiger partial charge in [-0.2, -0.15) is 13.2 Å². The third-order valence-electron chi connectivity index (χ3n) is 3.86. The Morgan fingerprint density at radius 1 is 1.04 bits per heavy atom. The van der Waals surface area contributed by atoms with Crippen LogP contribution in [0.15, 0.2) is 42.5 Å². The summed E-state index contributed by atoms with van der Waals surface area (Å²) in [5.74, 6) is 0. The number of benzene rings is 2. The van der Waals surface area contributed by atoms with E-state index in [4.69, 9.17) is 12.2 Å². The predicted octanol–water partition coefficient (Wildman–Crippen LogP) is 5.37. The second-order valence-corrected chi connectivity index (χ2v) is 6.12. The highest BCUT2D eigenvalue weighted by Crippen LogP contribution is 2.34. The van der Waals surface area contributed by atoms with Crippen LogP contribution >= 0.6 is 12.2 Å². The first-order valence-corrected chi connectivity index (χ1v) is 7.90. The maximum Gasteiger partial charge on any atom is 0.418 e. The summed E-state index contributed by atoms with van der Waals surface area (Å²) in [7, 11) is 0. The van der Waals surface area contributed by atoms with Crippen molar-refractivity contribution in [3.8, 4) is 0 Å². The molecular weight excluding hydrogens is 333 g/mol. The second kappa shape index (κ2) is 7.21. The third kappa shape index (κ3) is 4.47. The summed E-state index contributed by atoms with van der Waals surface area (Å²) in [5.41, 5.74) is 2.56. The Morgan fingerprint density at radius 2 is 1.71 bits per heavy atom. The molecule has 128 valence electrons. The van der Waals surface area contributed by atoms with Crippen LogP contribution in [-0.4, -0.2) is 5.11 Å². The fourth-order valence-electron chi connectivity index (χ4n) is 2.31. The molecule has 2 rings (SSSR count). The van der Waals surface area contributed by atoms with E-state index >= 15 is 0 Å². The van der Waals surface area contributed by atoms with Gasteiger partial charge in [-0.05, 0) is 61.8 Å². The third-order valence-corrected chi connectivity index (χ3v) is 4.08. The van der Waals surface area contributed by atoms with Gasteiger partial charge in [0.2, 0.25) is 0 Å². The molecule has 0 heterocycles. The molecule has 1 atom stereocenters. The Morgan fingerprint density at radius 3 is 2.33 bits per heavy atom. The monoisotopic (exact) mass is 352 g/mol. The van der Waals surface area contributed by atoms with Gasteiger partial charge in [-0.1, -0.05) is 30.3 Å². The lowest BCUT2D eigenvalue weighted by atomic mass is 10.0. The first-order chi connectivity index (χ1) is 11.2. The summed E-state index contributed by atoms with van der Waals surface area (Å²) in [6.45, 7) is 5.95. The summed E-state index contributed by atoms with van der Waals surface area (Å²) in [5, 5.41) is 5.82. The van der Waals surface area contributed by atoms with E-state index in [0.717, 1.165) is 17.2 Å². The zero-order chi connectivity index (χ0) is 17.9. The molecule has 1 unspecified atom stereocenters. The van der Waals surface area contributed by atoms with Gasteiger partial charge in [0.25, 0.3) is 0 Å². The number of hydrogen-bond acceptors (Lipinski definition) is 1. The van der Waals surface area contributed by atoms with Gasteiger partial charge in [0, 0.05) is 0 Å². The van der Waals surface area contributed by atoms with Gasteiger partial charge in [-0.15, -0.1) is 0 Å². The molecular formula is C18H19F3N2S. The van der Waals surface area contributed by atoms with Crippen molar-refractivity contribution < 1.29 is 13.2 Å². The van der Waals surface area contributed by atoms with Crippen LogP contribution in [-0.2, 0) is 6.18 Å². The van der Waals surface area contributed by atoms with Crippen LogP contribution < -0.4 is 10.6 Å². The Kier molecular flexibility index (Phi) is 5.49. The van der Waals surface area contributed by atoms with Gasteiger partial charge in [-0.3, -0.25) is 0 Å². The molecule has 0 radical (unpaired) electrons. The van der Waals surface area contributed by atoms with E-state index in [1.54, 1.807) is 0 Å². The minimum Gasteiger partial charge on any atom is -0.356 e. The maximum atomic E-state index is 13.0. The quantitative estimate of drug-likeness (QED) is 0.726. The SMILES string of the molecule is Cc1ccc(C(C)NC(=S)Nc2ccccc2C(F)(F)F)cc1C. The fourth-order valence-corrected chi connectivity index (χ4v) is 2.60. The van der Waals surface area contributed by atoms with E-state index < -0.39 is 11.7 Å². The molecule has 0 aliphatic heterocycles. The molecule has 0 aliphatic carbocycles. The van der Waals surface area contributed by atoms with Gasteiger partial charge >= 0.3 is 6.18 Å². The van der Waals surface area contributed by atoms with Crippen molar-refractivity contribution >= 4 is 23.0 Å². The zero-order valence-corrected chi connectivity index (χ0v) is 14.5. The predicted molar refractivity (Wildman–Crippen MR) is 95.1 cm³/mol. The molecule has 0 saturated heterocycles. The average Bonchev–Trinajstić information content (AvgIpc) is 2.49. The molecule has 6 heteroatoms. The smallest absolute Gasteiger partial charge is 0.356 e. The van der Waals surface area contributed by atoms with Gasteiger partial charge in [-0.25, -0.2) is 0 Å². The second-order valence-electron chi connectivity index (χ2n) is 5.71. The molecule has 2 aromatic rings. The van der Waals surface area contributed by atoms with Crippen molar-refractivity contribution in [3.63, 3.8) is 0 Å². The van der Waals surface area contributed by atoms with Gasteiger partial charge < -0.3 is 10.6 Å². The van der Waals surface area contributed by atoms with Crippen molar-refractivity contribution in [1.82, 2.24) is 5.32 Å². The highest BCUT2D eigenvalue weighted by atomic mass is 32.1. The van der Waals surface area contributed by atoms with Crippen molar-refractivity contribution in [3.05, 3.63) is 64.7 Å². The molecule has 0 aromatic heterocycles. The van der Waals surface area contributed by atoms with Crippen LogP contribution in [0, 0.1) is 13.8 Å². The Labute approximate surface area is 145 Å². The Bertz CT molecular complexity index is 741. The van der Waals surface area contributed by atoms with Gasteiger partial charge in [0.05, 0.1) is 17.3 Å². The van der Waals surface area contributed by atoms with Gasteiger partial charge in [0.1, 0.15) is 0 Å². The van der Waals surface area contributed by atoms with Crippen LogP contribution in [0.1, 0.15) is 35.2 Å². The molecule has 2 aromatic carbocycles. The molecule has 2 nitrogen and oxygen atoms in total. The van der Waals surface area contributed by atoms with Crippen molar-refractivity contribution in [1.29, 1.82) is 0 Å². The minimum atomic E-state index is -4.43. The number of thiocarbonyl (C=S) groups is 1. The minimum absolute atomic E-state index is 0.0604. The van der Waals surface area contributed by atoms with Crippen LogP contribution in [0.5, 0.6) is 0 Å². The Hall–Kier alpha value is -2.08. The molecule has 24 heavy (non-hydrogen) atoms. The Balaban J connectivity index is 2.10. The van der Waals surface area contributed by atoms with E-state index in [2.05, 4.69) is 10.6 Å². The standard InChI is InChI=1S/C18H19F3N2S/c1-11-8-9-14(10-12(11)2)13(3)22-17(24)23-16-7-5-4-6-15(16)18(19,20)21/h4-10,13H,1-3H3,(H2,22,23,24). The molecule has 0 saturated carbocycles. The molecule has 0 amide bonds. The molecule has 0 aliphatic rings. The lowest BCUT2D eigenvalue weighted by molar-refractivity contribution is -0.136. The van der Waals surface area contributed by atoms with Crippen LogP contribution in [0.3, 0.4) is 0 Å². The summed E-state index contributed by atoms with van der Waals surface area (Å²) in [6, 6.07) is 11.2. The van der Waals surface area contributed by atoms with E-state index in [9.17, 15) is 13.2 Å². The van der Waals surface area contributed by atoms with Crippen molar-refractivity contribution in [2.24, 2.45) is 0 Å². The number of anilines is 1. The first-order valence-electron chi connectivity index (χ1n) is 7.49. The lowest BCUT2D eigenvalue weighted by Crippen LogP contribution is -2.31. The normalized spacial score (nSPS) is 12.6. The number of para-hydroxylation sites is 1. The maximum absolute atomic E-state index is 13.0.